The number of nitrogens with zero attached hydrogens (tertiary/aromatic N) is 2. The number of benzene rings is 7. The van der Waals surface area contributed by atoms with Crippen molar-refractivity contribution < 1.29 is 0 Å². The van der Waals surface area contributed by atoms with Crippen LogP contribution in [0, 0.1) is 0 Å². The molecule has 0 aliphatic heterocycles. The number of hydrogen-bond donors (Lipinski definition) is 0. The molecule has 0 radical (unpaired) electrons. The fourth-order valence-electron chi connectivity index (χ4n) is 7.38. The van der Waals surface area contributed by atoms with Crippen molar-refractivity contribution in [2.75, 3.05) is 0 Å². The van der Waals surface area contributed by atoms with Gasteiger partial charge in [-0.15, -0.1) is 0 Å². The molecule has 2 heterocycles. The van der Waals surface area contributed by atoms with Crippen molar-refractivity contribution in [2.24, 2.45) is 0 Å². The number of hydrogen-bond acceptors (Lipinski definition) is 0. The highest BCUT2D eigenvalue weighted by molar-refractivity contribution is 6.13. The van der Waals surface area contributed by atoms with Gasteiger partial charge in [-0.1, -0.05) is 134 Å². The van der Waals surface area contributed by atoms with E-state index in [9.17, 15) is 0 Å². The molecule has 2 aromatic heterocycles. The summed E-state index contributed by atoms with van der Waals surface area (Å²) in [5.41, 5.74) is 13.1. The van der Waals surface area contributed by atoms with Crippen molar-refractivity contribution in [1.29, 1.82) is 0 Å². The van der Waals surface area contributed by atoms with Gasteiger partial charge < -0.3 is 9.13 Å². The van der Waals surface area contributed by atoms with Crippen LogP contribution >= 0.6 is 0 Å². The first-order valence-electron chi connectivity index (χ1n) is 17.1. The zero-order valence-electron chi connectivity index (χ0n) is 27.6. The Kier molecular flexibility index (Phi) is 7.33. The van der Waals surface area contributed by atoms with E-state index in [0.29, 0.717) is 0 Å². The molecule has 0 fully saturated rings. The van der Waals surface area contributed by atoms with Gasteiger partial charge in [0.1, 0.15) is 0 Å². The summed E-state index contributed by atoms with van der Waals surface area (Å²) < 4.78 is 4.77. The summed E-state index contributed by atoms with van der Waals surface area (Å²) in [6.45, 7) is 3.76. The van der Waals surface area contributed by atoms with E-state index in [1.54, 1.807) is 6.08 Å². The van der Waals surface area contributed by atoms with E-state index in [0.717, 1.165) is 16.9 Å². The minimum atomic E-state index is 1.14. The highest BCUT2D eigenvalue weighted by Crippen LogP contribution is 2.39. The fourth-order valence-corrected chi connectivity index (χ4v) is 7.38. The maximum atomic E-state index is 3.76. The lowest BCUT2D eigenvalue weighted by atomic mass is 9.99. The summed E-state index contributed by atoms with van der Waals surface area (Å²) >= 11 is 0. The van der Waals surface area contributed by atoms with Crippen LogP contribution in [0.1, 0.15) is 5.56 Å². The second-order valence-electron chi connectivity index (χ2n) is 12.7. The Hall–Kier alpha value is -6.64. The molecule has 0 aliphatic rings. The summed E-state index contributed by atoms with van der Waals surface area (Å²) in [6, 6.07) is 59.5. The van der Waals surface area contributed by atoms with Crippen LogP contribution in [-0.2, 0) is 0 Å². The zero-order valence-corrected chi connectivity index (χ0v) is 27.6. The first-order valence-corrected chi connectivity index (χ1v) is 17.1. The molecule has 2 heteroatoms. The van der Waals surface area contributed by atoms with Crippen LogP contribution in [0.2, 0.25) is 0 Å². The van der Waals surface area contributed by atoms with Crippen molar-refractivity contribution in [3.05, 3.63) is 200 Å². The number of fused-ring (bicyclic) bond motifs is 6. The van der Waals surface area contributed by atoms with Crippen molar-refractivity contribution in [3.8, 4) is 33.6 Å². The van der Waals surface area contributed by atoms with E-state index in [4.69, 9.17) is 0 Å². The first kappa shape index (κ1) is 29.5. The lowest BCUT2D eigenvalue weighted by Crippen LogP contribution is -1.94. The molecule has 0 bridgehead atoms. The number of aromatic nitrogens is 2. The highest BCUT2D eigenvalue weighted by Gasteiger charge is 2.17. The van der Waals surface area contributed by atoms with Gasteiger partial charge >= 0.3 is 0 Å². The Labute approximate surface area is 291 Å². The molecule has 0 amide bonds. The third-order valence-corrected chi connectivity index (χ3v) is 9.67. The molecule has 0 atom stereocenters. The summed E-state index contributed by atoms with van der Waals surface area (Å²) in [7, 11) is 0. The van der Waals surface area contributed by atoms with E-state index in [2.05, 4.69) is 192 Å². The van der Waals surface area contributed by atoms with Gasteiger partial charge in [-0.05, 0) is 94.5 Å². The van der Waals surface area contributed by atoms with Crippen LogP contribution in [0.25, 0.3) is 83.3 Å². The molecule has 9 aromatic rings. The smallest absolute Gasteiger partial charge is 0.0541 e. The average Bonchev–Trinajstić information content (AvgIpc) is 3.69. The number of rotatable bonds is 7. The normalized spacial score (nSPS) is 11.9. The second-order valence-corrected chi connectivity index (χ2v) is 12.7. The molecule has 0 aliphatic carbocycles. The average molecular weight is 639 g/mol. The van der Waals surface area contributed by atoms with Gasteiger partial charge in [-0.2, -0.15) is 0 Å². The fraction of sp³-hybridized carbons (Fsp3) is 0. The molecular weight excluding hydrogens is 605 g/mol. The number of para-hydroxylation sites is 2. The van der Waals surface area contributed by atoms with Crippen LogP contribution in [0.5, 0.6) is 0 Å². The Bertz CT molecular complexity index is 2760. The Morgan fingerprint density at radius 1 is 0.360 bits per heavy atom. The van der Waals surface area contributed by atoms with Crippen LogP contribution in [0.3, 0.4) is 0 Å². The third kappa shape index (κ3) is 5.06. The van der Waals surface area contributed by atoms with Crippen molar-refractivity contribution in [3.63, 3.8) is 0 Å². The van der Waals surface area contributed by atoms with E-state index in [1.807, 2.05) is 12.2 Å². The van der Waals surface area contributed by atoms with E-state index >= 15 is 0 Å². The van der Waals surface area contributed by atoms with Crippen LogP contribution in [0.15, 0.2) is 195 Å². The summed E-state index contributed by atoms with van der Waals surface area (Å²) in [4.78, 5) is 0. The highest BCUT2D eigenvalue weighted by atomic mass is 15.0. The van der Waals surface area contributed by atoms with Gasteiger partial charge in [-0.25, -0.2) is 0 Å². The van der Waals surface area contributed by atoms with E-state index in [-0.39, 0.29) is 0 Å². The Morgan fingerprint density at radius 3 is 1.54 bits per heavy atom. The maximum Gasteiger partial charge on any atom is 0.0541 e. The quantitative estimate of drug-likeness (QED) is 0.154. The molecule has 50 heavy (non-hydrogen) atoms. The predicted octanol–water partition coefficient (Wildman–Crippen LogP) is 13.0. The van der Waals surface area contributed by atoms with Gasteiger partial charge in [0.25, 0.3) is 0 Å². The molecule has 236 valence electrons. The molecule has 9 rings (SSSR count). The van der Waals surface area contributed by atoms with Gasteiger partial charge in [0.2, 0.25) is 0 Å². The number of allylic oxidation sites excluding steroid dienone is 4. The molecule has 0 saturated carbocycles. The molecule has 0 spiro atoms. The van der Waals surface area contributed by atoms with Gasteiger partial charge in [0, 0.05) is 32.9 Å². The monoisotopic (exact) mass is 638 g/mol. The molecule has 2 nitrogen and oxygen atoms in total. The van der Waals surface area contributed by atoms with Crippen LogP contribution in [-0.4, -0.2) is 9.13 Å². The lowest BCUT2D eigenvalue weighted by molar-refractivity contribution is 1.18. The zero-order chi connectivity index (χ0) is 33.4. The topological polar surface area (TPSA) is 9.86 Å². The lowest BCUT2D eigenvalue weighted by Gasteiger charge is -2.10. The van der Waals surface area contributed by atoms with Crippen molar-refractivity contribution in [1.82, 2.24) is 9.13 Å². The van der Waals surface area contributed by atoms with Crippen molar-refractivity contribution in [2.45, 2.75) is 0 Å². The Balaban J connectivity index is 1.21. The second kappa shape index (κ2) is 12.4. The summed E-state index contributed by atoms with van der Waals surface area (Å²) in [6.07, 6.45) is 9.90. The molecule has 0 saturated heterocycles. The molecule has 7 aromatic carbocycles. The molecule has 0 N–H and O–H groups in total. The van der Waals surface area contributed by atoms with Gasteiger partial charge in [-0.3, -0.25) is 0 Å². The minimum absolute atomic E-state index is 1.14. The summed E-state index contributed by atoms with van der Waals surface area (Å²) in [5.74, 6) is 0. The largest absolute Gasteiger partial charge is 0.309 e. The van der Waals surface area contributed by atoms with Crippen molar-refractivity contribution >= 4 is 49.7 Å². The molecular formula is C48H34N2. The third-order valence-electron chi connectivity index (χ3n) is 9.67. The maximum absolute atomic E-state index is 3.76. The van der Waals surface area contributed by atoms with Crippen LogP contribution in [0.4, 0.5) is 0 Å². The van der Waals surface area contributed by atoms with Crippen LogP contribution < -0.4 is 0 Å². The first-order chi connectivity index (χ1) is 24.8. The van der Waals surface area contributed by atoms with Gasteiger partial charge in [0.15, 0.2) is 0 Å². The SMILES string of the molecule is C=C/C=C\C=C\c1cccc(-n2c3ccccc3c3cc(-c4ccc5c(c4)c4cc(-c6ccccc6)ccc4n5-c4ccccc4)ccc32)c1. The molecule has 0 unspecified atom stereocenters. The van der Waals surface area contributed by atoms with E-state index < -0.39 is 0 Å². The standard InChI is InChI=1S/C48H34N2/c1-2-3-4-7-15-34-16-14-21-40(30-34)50-45-23-13-12-22-41(45)42-32-37(25-28-46(42)50)38-26-29-48-44(33-38)43-31-36(35-17-8-5-9-18-35)24-27-47(43)49(48)39-19-10-6-11-20-39/h2-33H,1H2/b4-3-,15-7+. The predicted molar refractivity (Wildman–Crippen MR) is 214 cm³/mol. The van der Waals surface area contributed by atoms with Gasteiger partial charge in [0.05, 0.1) is 22.1 Å². The Morgan fingerprint density at radius 2 is 0.880 bits per heavy atom. The summed E-state index contributed by atoms with van der Waals surface area (Å²) in [5, 5.41) is 4.98. The van der Waals surface area contributed by atoms with E-state index in [1.165, 1.54) is 65.9 Å². The minimum Gasteiger partial charge on any atom is -0.309 e.